The Hall–Kier alpha value is -3.23. The van der Waals surface area contributed by atoms with Crippen molar-refractivity contribution >= 4 is 55.9 Å². The van der Waals surface area contributed by atoms with Crippen molar-refractivity contribution in [2.45, 2.75) is 0 Å². The zero-order valence-corrected chi connectivity index (χ0v) is 16.9. The fraction of sp³-hybridized carbons (Fsp3) is 0. The zero-order valence-electron chi connectivity index (χ0n) is 14.6. The maximum Gasteiger partial charge on any atom is 0.288 e. The minimum absolute atomic E-state index is 0.0314. The number of carbonyl (C=O) groups is 1. The van der Waals surface area contributed by atoms with Crippen molar-refractivity contribution in [3.05, 3.63) is 85.8 Å². The summed E-state index contributed by atoms with van der Waals surface area (Å²) in [4.78, 5) is 27.3. The Morgan fingerprint density at radius 3 is 2.59 bits per heavy atom. The molecule has 0 atom stereocenters. The molecule has 9 heteroatoms. The van der Waals surface area contributed by atoms with Gasteiger partial charge in [0, 0.05) is 27.4 Å². The summed E-state index contributed by atoms with van der Waals surface area (Å²) in [6.07, 6.45) is 0. The summed E-state index contributed by atoms with van der Waals surface area (Å²) in [6, 6.07) is 16.5. The molecule has 4 aromatic rings. The maximum absolute atomic E-state index is 12.5. The fourth-order valence-corrected chi connectivity index (χ4v) is 3.17. The van der Waals surface area contributed by atoms with Crippen LogP contribution in [0.25, 0.3) is 22.6 Å². The first-order valence-corrected chi connectivity index (χ1v) is 9.49. The second-order valence-corrected chi connectivity index (χ2v) is 7.41. The van der Waals surface area contributed by atoms with Crippen LogP contribution in [0.15, 0.2) is 69.6 Å². The molecule has 0 radical (unpaired) electrons. The van der Waals surface area contributed by atoms with Gasteiger partial charge in [0.2, 0.25) is 5.89 Å². The van der Waals surface area contributed by atoms with Crippen LogP contribution in [-0.2, 0) is 0 Å². The Bertz CT molecular complexity index is 1250. The smallest absolute Gasteiger partial charge is 0.288 e. The lowest BCUT2D eigenvalue weighted by molar-refractivity contribution is -0.384. The number of anilines is 1. The number of hydrogen-bond donors (Lipinski definition) is 1. The van der Waals surface area contributed by atoms with Crippen molar-refractivity contribution in [2.75, 3.05) is 5.32 Å². The molecular formula is C20H11BrClN3O4. The summed E-state index contributed by atoms with van der Waals surface area (Å²) in [5, 5.41) is 13.7. The van der Waals surface area contributed by atoms with Crippen LogP contribution in [0.4, 0.5) is 11.4 Å². The average Bonchev–Trinajstić information content (AvgIpc) is 3.12. The lowest BCUT2D eigenvalue weighted by Crippen LogP contribution is -2.12. The number of nitro benzene ring substituents is 1. The number of halogens is 2. The van der Waals surface area contributed by atoms with Gasteiger partial charge in [-0.25, -0.2) is 4.98 Å². The third kappa shape index (κ3) is 3.98. The molecule has 1 amide bonds. The topological polar surface area (TPSA) is 98.3 Å². The molecule has 0 fully saturated rings. The van der Waals surface area contributed by atoms with E-state index in [4.69, 9.17) is 16.0 Å². The van der Waals surface area contributed by atoms with Crippen LogP contribution < -0.4 is 5.32 Å². The van der Waals surface area contributed by atoms with E-state index in [0.29, 0.717) is 22.7 Å². The predicted octanol–water partition coefficient (Wildman–Crippen LogP) is 6.07. The van der Waals surface area contributed by atoms with Gasteiger partial charge in [0.25, 0.3) is 11.6 Å². The van der Waals surface area contributed by atoms with Crippen LogP contribution >= 0.6 is 27.5 Å². The van der Waals surface area contributed by atoms with Crippen molar-refractivity contribution < 1.29 is 14.1 Å². The molecule has 0 aliphatic rings. The van der Waals surface area contributed by atoms with E-state index < -0.39 is 10.8 Å². The van der Waals surface area contributed by atoms with E-state index in [2.05, 4.69) is 26.2 Å². The van der Waals surface area contributed by atoms with Gasteiger partial charge in [0.1, 0.15) is 10.5 Å². The molecule has 144 valence electrons. The van der Waals surface area contributed by atoms with Crippen molar-refractivity contribution in [2.24, 2.45) is 0 Å². The van der Waals surface area contributed by atoms with E-state index in [1.165, 1.54) is 12.1 Å². The molecule has 0 saturated carbocycles. The number of benzene rings is 3. The SMILES string of the molecule is O=C(Nc1ccc2oc(-c3ccc(Br)cc3)nc2c1)c1ccc(Cl)c([N+](=O)[O-])c1. The Labute approximate surface area is 177 Å². The Kier molecular flexibility index (Phi) is 5.04. The second kappa shape index (κ2) is 7.65. The van der Waals surface area contributed by atoms with Crippen LogP contribution in [0.5, 0.6) is 0 Å². The molecule has 1 aromatic heterocycles. The number of nitro groups is 1. The highest BCUT2D eigenvalue weighted by Gasteiger charge is 2.17. The number of oxazole rings is 1. The summed E-state index contributed by atoms with van der Waals surface area (Å²) in [5.74, 6) is -0.0370. The lowest BCUT2D eigenvalue weighted by atomic mass is 10.2. The van der Waals surface area contributed by atoms with E-state index in [1.807, 2.05) is 24.3 Å². The average molecular weight is 473 g/mol. The first-order valence-electron chi connectivity index (χ1n) is 8.32. The highest BCUT2D eigenvalue weighted by Crippen LogP contribution is 2.28. The molecule has 1 heterocycles. The quantitative estimate of drug-likeness (QED) is 0.287. The number of amides is 1. The molecule has 0 bridgehead atoms. The van der Waals surface area contributed by atoms with Crippen LogP contribution in [0, 0.1) is 10.1 Å². The number of nitrogens with one attached hydrogen (secondary N) is 1. The second-order valence-electron chi connectivity index (χ2n) is 6.09. The highest BCUT2D eigenvalue weighted by molar-refractivity contribution is 9.10. The summed E-state index contributed by atoms with van der Waals surface area (Å²) >= 11 is 9.17. The van der Waals surface area contributed by atoms with Crippen molar-refractivity contribution in [3.8, 4) is 11.5 Å². The minimum Gasteiger partial charge on any atom is -0.436 e. The van der Waals surface area contributed by atoms with Crippen LogP contribution in [0.1, 0.15) is 10.4 Å². The number of nitrogens with zero attached hydrogens (tertiary/aromatic N) is 2. The van der Waals surface area contributed by atoms with E-state index in [9.17, 15) is 14.9 Å². The number of carbonyl (C=O) groups excluding carboxylic acids is 1. The molecular weight excluding hydrogens is 462 g/mol. The first kappa shape index (κ1) is 19.1. The molecule has 29 heavy (non-hydrogen) atoms. The maximum atomic E-state index is 12.5. The third-order valence-electron chi connectivity index (χ3n) is 4.14. The molecule has 3 aromatic carbocycles. The molecule has 1 N–H and O–H groups in total. The van der Waals surface area contributed by atoms with Crippen LogP contribution in [0.3, 0.4) is 0 Å². The van der Waals surface area contributed by atoms with Gasteiger partial charge in [0.15, 0.2) is 5.58 Å². The van der Waals surface area contributed by atoms with E-state index in [1.54, 1.807) is 18.2 Å². The Balaban J connectivity index is 1.60. The molecule has 7 nitrogen and oxygen atoms in total. The van der Waals surface area contributed by atoms with Gasteiger partial charge in [-0.05, 0) is 54.6 Å². The van der Waals surface area contributed by atoms with Crippen molar-refractivity contribution in [3.63, 3.8) is 0 Å². The molecule has 0 saturated heterocycles. The number of rotatable bonds is 4. The van der Waals surface area contributed by atoms with Gasteiger partial charge in [-0.3, -0.25) is 14.9 Å². The van der Waals surface area contributed by atoms with Gasteiger partial charge >= 0.3 is 0 Å². The molecule has 4 rings (SSSR count). The predicted molar refractivity (Wildman–Crippen MR) is 113 cm³/mol. The van der Waals surface area contributed by atoms with Crippen LogP contribution in [-0.4, -0.2) is 15.8 Å². The monoisotopic (exact) mass is 471 g/mol. The van der Waals surface area contributed by atoms with E-state index in [0.717, 1.165) is 16.1 Å². The Morgan fingerprint density at radius 1 is 1.10 bits per heavy atom. The first-order chi connectivity index (χ1) is 13.9. The lowest BCUT2D eigenvalue weighted by Gasteiger charge is -2.05. The number of hydrogen-bond acceptors (Lipinski definition) is 5. The molecule has 0 aliphatic carbocycles. The minimum atomic E-state index is -0.635. The summed E-state index contributed by atoms with van der Waals surface area (Å²) < 4.78 is 6.71. The standard InChI is InChI=1S/C20H11BrClN3O4/c21-13-4-1-11(2-5-13)20-24-16-10-14(6-8-18(16)29-20)23-19(26)12-3-7-15(22)17(9-12)25(27)28/h1-10H,(H,23,26). The van der Waals surface area contributed by atoms with Gasteiger partial charge in [-0.1, -0.05) is 27.5 Å². The zero-order chi connectivity index (χ0) is 20.5. The normalized spacial score (nSPS) is 10.8. The van der Waals surface area contributed by atoms with Gasteiger partial charge in [-0.15, -0.1) is 0 Å². The van der Waals surface area contributed by atoms with Crippen molar-refractivity contribution in [1.29, 1.82) is 0 Å². The molecule has 0 unspecified atom stereocenters. The largest absolute Gasteiger partial charge is 0.436 e. The van der Waals surface area contributed by atoms with Gasteiger partial charge in [0.05, 0.1) is 4.92 Å². The molecule has 0 spiro atoms. The fourth-order valence-electron chi connectivity index (χ4n) is 2.72. The summed E-state index contributed by atoms with van der Waals surface area (Å²) in [7, 11) is 0. The third-order valence-corrected chi connectivity index (χ3v) is 4.99. The summed E-state index contributed by atoms with van der Waals surface area (Å²) in [6.45, 7) is 0. The van der Waals surface area contributed by atoms with Gasteiger partial charge in [-0.2, -0.15) is 0 Å². The summed E-state index contributed by atoms with van der Waals surface area (Å²) in [5.41, 5.74) is 2.24. The number of aromatic nitrogens is 1. The van der Waals surface area contributed by atoms with Crippen LogP contribution in [0.2, 0.25) is 5.02 Å². The van der Waals surface area contributed by atoms with E-state index in [-0.39, 0.29) is 16.3 Å². The van der Waals surface area contributed by atoms with Crippen molar-refractivity contribution in [1.82, 2.24) is 4.98 Å². The highest BCUT2D eigenvalue weighted by atomic mass is 79.9. The Morgan fingerprint density at radius 2 is 1.86 bits per heavy atom. The molecule has 0 aliphatic heterocycles. The van der Waals surface area contributed by atoms with Gasteiger partial charge < -0.3 is 9.73 Å². The van der Waals surface area contributed by atoms with E-state index >= 15 is 0 Å². The number of fused-ring (bicyclic) bond motifs is 1.